The minimum absolute atomic E-state index is 0.0389. The van der Waals surface area contributed by atoms with Crippen LogP contribution in [0.3, 0.4) is 0 Å². The number of hydrogen-bond acceptors (Lipinski definition) is 5. The number of nitrogens with two attached hydrogens (primary N) is 1. The average molecular weight is 372 g/mol. The molecular formula is C20H24N2O5. The number of amides is 2. The van der Waals surface area contributed by atoms with Crippen molar-refractivity contribution < 1.29 is 23.9 Å². The lowest BCUT2D eigenvalue weighted by molar-refractivity contribution is -0.161. The first-order chi connectivity index (χ1) is 12.8. The molecule has 3 rings (SSSR count). The molecule has 0 saturated heterocycles. The van der Waals surface area contributed by atoms with Gasteiger partial charge in [-0.25, -0.2) is 0 Å². The quantitative estimate of drug-likeness (QED) is 0.768. The minimum atomic E-state index is -0.953. The van der Waals surface area contributed by atoms with E-state index < -0.39 is 23.9 Å². The Balaban J connectivity index is 1.54. The Morgan fingerprint density at radius 3 is 2.26 bits per heavy atom. The highest BCUT2D eigenvalue weighted by atomic mass is 16.5. The van der Waals surface area contributed by atoms with E-state index in [1.807, 2.05) is 0 Å². The van der Waals surface area contributed by atoms with E-state index in [4.69, 9.17) is 10.5 Å². The van der Waals surface area contributed by atoms with E-state index in [0.717, 1.165) is 19.3 Å². The Morgan fingerprint density at radius 2 is 1.70 bits per heavy atom. The number of primary amides is 1. The number of esters is 1. The van der Waals surface area contributed by atoms with E-state index in [2.05, 4.69) is 5.32 Å². The molecule has 1 aromatic rings. The summed E-state index contributed by atoms with van der Waals surface area (Å²) in [6.45, 7) is 1.51. The van der Waals surface area contributed by atoms with Crippen LogP contribution in [0.4, 0.5) is 5.69 Å². The molecule has 144 valence electrons. The second-order valence-electron chi connectivity index (χ2n) is 7.41. The zero-order valence-electron chi connectivity index (χ0n) is 15.3. The van der Waals surface area contributed by atoms with Crippen LogP contribution in [0.5, 0.6) is 0 Å². The molecular weight excluding hydrogens is 348 g/mol. The molecule has 27 heavy (non-hydrogen) atoms. The first-order valence-corrected chi connectivity index (χ1v) is 9.30. The number of benzene rings is 1. The van der Waals surface area contributed by atoms with Crippen LogP contribution in [-0.2, 0) is 19.1 Å². The van der Waals surface area contributed by atoms with Crippen molar-refractivity contribution in [2.45, 2.75) is 45.1 Å². The van der Waals surface area contributed by atoms with Gasteiger partial charge >= 0.3 is 5.97 Å². The summed E-state index contributed by atoms with van der Waals surface area (Å²) in [7, 11) is 0. The third kappa shape index (κ3) is 4.35. The number of carbonyl (C=O) groups is 4. The average Bonchev–Trinajstić information content (AvgIpc) is 2.61. The van der Waals surface area contributed by atoms with Crippen LogP contribution in [0.15, 0.2) is 24.3 Å². The smallest absolute Gasteiger partial charge is 0.309 e. The summed E-state index contributed by atoms with van der Waals surface area (Å²) in [6, 6.07) is 6.12. The predicted octanol–water partition coefficient (Wildman–Crippen LogP) is 2.05. The summed E-state index contributed by atoms with van der Waals surface area (Å²) in [4.78, 5) is 47.9. The van der Waals surface area contributed by atoms with E-state index in [0.29, 0.717) is 24.1 Å². The van der Waals surface area contributed by atoms with E-state index in [1.54, 1.807) is 12.1 Å². The highest BCUT2D eigenvalue weighted by Gasteiger charge is 2.42. The van der Waals surface area contributed by atoms with Crippen molar-refractivity contribution in [2.75, 3.05) is 5.32 Å². The maximum absolute atomic E-state index is 12.5. The minimum Gasteiger partial charge on any atom is -0.452 e. The third-order valence-electron chi connectivity index (χ3n) is 5.48. The van der Waals surface area contributed by atoms with E-state index >= 15 is 0 Å². The van der Waals surface area contributed by atoms with Crippen LogP contribution in [0.25, 0.3) is 0 Å². The van der Waals surface area contributed by atoms with Gasteiger partial charge in [0.1, 0.15) is 5.78 Å². The molecule has 2 amide bonds. The Bertz CT molecular complexity index is 742. The molecule has 4 atom stereocenters. The number of carbonyl (C=O) groups excluding carboxylic acids is 4. The summed E-state index contributed by atoms with van der Waals surface area (Å²) >= 11 is 0. The number of nitrogens with one attached hydrogen (secondary N) is 1. The number of Topliss-reactive ketones (excluding diaryl/α,β-unsaturated/α-hetero) is 1. The first kappa shape index (κ1) is 19.1. The standard InChI is InChI=1S/C20H24N2O5/c1-11(19(25)22-16-7-5-12(6-8-16)18(21)24)27-20(26)15-9-13-3-2-4-14(10-15)17(13)23/h5-8,11,13-15H,2-4,9-10H2,1H3,(H2,21,24)(H,22,25)/t11-,13-,14+,15?/m1/s1. The molecule has 1 aromatic carbocycles. The van der Waals surface area contributed by atoms with Crippen LogP contribution < -0.4 is 11.1 Å². The fourth-order valence-electron chi connectivity index (χ4n) is 3.96. The van der Waals surface area contributed by atoms with Gasteiger partial charge in [0, 0.05) is 23.1 Å². The summed E-state index contributed by atoms with van der Waals surface area (Å²) in [6.07, 6.45) is 2.82. The maximum Gasteiger partial charge on any atom is 0.309 e. The molecule has 2 saturated carbocycles. The van der Waals surface area contributed by atoms with E-state index in [1.165, 1.54) is 19.1 Å². The number of anilines is 1. The van der Waals surface area contributed by atoms with Gasteiger partial charge in [-0.3, -0.25) is 19.2 Å². The van der Waals surface area contributed by atoms with Gasteiger partial charge < -0.3 is 15.8 Å². The van der Waals surface area contributed by atoms with E-state index in [9.17, 15) is 19.2 Å². The highest BCUT2D eigenvalue weighted by Crippen LogP contribution is 2.40. The fraction of sp³-hybridized carbons (Fsp3) is 0.500. The van der Waals surface area contributed by atoms with Gasteiger partial charge in [-0.1, -0.05) is 6.42 Å². The van der Waals surface area contributed by atoms with Crippen LogP contribution >= 0.6 is 0 Å². The summed E-state index contributed by atoms with van der Waals surface area (Å²) < 4.78 is 5.35. The van der Waals surface area contributed by atoms with Crippen molar-refractivity contribution in [3.8, 4) is 0 Å². The molecule has 0 heterocycles. The molecule has 0 aliphatic heterocycles. The van der Waals surface area contributed by atoms with Gasteiger partial charge in [0.2, 0.25) is 5.91 Å². The van der Waals surface area contributed by atoms with Crippen molar-refractivity contribution in [3.63, 3.8) is 0 Å². The molecule has 0 aromatic heterocycles. The maximum atomic E-state index is 12.5. The molecule has 1 unspecified atom stereocenters. The monoisotopic (exact) mass is 372 g/mol. The SMILES string of the molecule is C[C@@H](OC(=O)C1C[C@H]2CCC[C@@H](C1)C2=O)C(=O)Nc1ccc(C(N)=O)cc1. The lowest BCUT2D eigenvalue weighted by Crippen LogP contribution is -2.41. The number of rotatable bonds is 5. The predicted molar refractivity (Wildman–Crippen MR) is 97.7 cm³/mol. The Hall–Kier alpha value is -2.70. The van der Waals surface area contributed by atoms with Gasteiger partial charge in [-0.2, -0.15) is 0 Å². The Labute approximate surface area is 157 Å². The molecule has 0 radical (unpaired) electrons. The number of fused-ring (bicyclic) bond motifs is 2. The zero-order valence-corrected chi connectivity index (χ0v) is 15.3. The lowest BCUT2D eigenvalue weighted by Gasteiger charge is -2.36. The van der Waals surface area contributed by atoms with Gasteiger partial charge in [0.25, 0.3) is 5.91 Å². The largest absolute Gasteiger partial charge is 0.452 e. The van der Waals surface area contributed by atoms with Crippen molar-refractivity contribution >= 4 is 29.3 Å². The van der Waals surface area contributed by atoms with Crippen LogP contribution in [0.1, 0.15) is 49.4 Å². The second kappa shape index (κ2) is 7.90. The van der Waals surface area contributed by atoms with Crippen molar-refractivity contribution in [1.82, 2.24) is 0 Å². The highest BCUT2D eigenvalue weighted by molar-refractivity contribution is 5.97. The van der Waals surface area contributed by atoms with Gasteiger partial charge in [0.05, 0.1) is 5.92 Å². The molecule has 7 nitrogen and oxygen atoms in total. The topological polar surface area (TPSA) is 116 Å². The second-order valence-corrected chi connectivity index (χ2v) is 7.41. The van der Waals surface area contributed by atoms with Crippen molar-refractivity contribution in [3.05, 3.63) is 29.8 Å². The molecule has 2 bridgehead atoms. The number of ether oxygens (including phenoxy) is 1. The van der Waals surface area contributed by atoms with Crippen molar-refractivity contribution in [1.29, 1.82) is 0 Å². The molecule has 3 N–H and O–H groups in total. The lowest BCUT2D eigenvalue weighted by atomic mass is 9.67. The number of ketones is 1. The molecule has 7 heteroatoms. The Kier molecular flexibility index (Phi) is 5.58. The van der Waals surface area contributed by atoms with Gasteiger partial charge in [0.15, 0.2) is 6.10 Å². The number of hydrogen-bond donors (Lipinski definition) is 2. The van der Waals surface area contributed by atoms with Crippen LogP contribution in [-0.4, -0.2) is 29.7 Å². The molecule has 2 aliphatic carbocycles. The summed E-state index contributed by atoms with van der Waals surface area (Å²) in [5, 5.41) is 2.64. The zero-order chi connectivity index (χ0) is 19.6. The third-order valence-corrected chi connectivity index (χ3v) is 5.48. The van der Waals surface area contributed by atoms with Gasteiger partial charge in [-0.15, -0.1) is 0 Å². The molecule has 2 fully saturated rings. The molecule has 2 aliphatic rings. The molecule has 0 spiro atoms. The first-order valence-electron chi connectivity index (χ1n) is 9.30. The van der Waals surface area contributed by atoms with Crippen LogP contribution in [0.2, 0.25) is 0 Å². The normalized spacial score (nSPS) is 25.4. The van der Waals surface area contributed by atoms with Crippen LogP contribution in [0, 0.1) is 17.8 Å². The summed E-state index contributed by atoms with van der Waals surface area (Å²) in [5.41, 5.74) is 5.99. The fourth-order valence-corrected chi connectivity index (χ4v) is 3.96. The van der Waals surface area contributed by atoms with Gasteiger partial charge in [-0.05, 0) is 56.9 Å². The van der Waals surface area contributed by atoms with E-state index in [-0.39, 0.29) is 23.5 Å². The Morgan fingerprint density at radius 1 is 1.11 bits per heavy atom. The summed E-state index contributed by atoms with van der Waals surface area (Å²) in [5.74, 6) is -1.52. The van der Waals surface area contributed by atoms with Crippen molar-refractivity contribution in [2.24, 2.45) is 23.5 Å².